The molecule has 0 saturated carbocycles. The molecule has 0 rings (SSSR count). The fourth-order valence-corrected chi connectivity index (χ4v) is 1.24. The monoisotopic (exact) mass is 216 g/mol. The molecule has 4 N–H and O–H groups in total. The van der Waals surface area contributed by atoms with Gasteiger partial charge in [0.1, 0.15) is 6.04 Å². The summed E-state index contributed by atoms with van der Waals surface area (Å²) in [5, 5.41) is 11.3. The zero-order valence-corrected chi connectivity index (χ0v) is 9.32. The van der Waals surface area contributed by atoms with Crippen molar-refractivity contribution >= 4 is 11.9 Å². The van der Waals surface area contributed by atoms with Crippen LogP contribution in [0.2, 0.25) is 0 Å². The van der Waals surface area contributed by atoms with Gasteiger partial charge in [0.05, 0.1) is 0 Å². The Morgan fingerprint density at radius 3 is 2.40 bits per heavy atom. The van der Waals surface area contributed by atoms with Crippen molar-refractivity contribution in [2.24, 2.45) is 11.7 Å². The standard InChI is InChI=1S/C10H20N2O3/c1-3-4-8(10(14)15)12-9(13)7(2)5-6-11/h7-8H,3-6,11H2,1-2H3,(H,12,13)(H,14,15). The average Bonchev–Trinajstić information content (AvgIpc) is 2.17. The molecular formula is C10H20N2O3. The quantitative estimate of drug-likeness (QED) is 0.572. The molecular weight excluding hydrogens is 196 g/mol. The first-order valence-corrected chi connectivity index (χ1v) is 5.26. The van der Waals surface area contributed by atoms with Crippen molar-refractivity contribution in [3.8, 4) is 0 Å². The van der Waals surface area contributed by atoms with E-state index >= 15 is 0 Å². The summed E-state index contributed by atoms with van der Waals surface area (Å²) < 4.78 is 0. The van der Waals surface area contributed by atoms with Gasteiger partial charge in [-0.25, -0.2) is 4.79 Å². The van der Waals surface area contributed by atoms with E-state index in [-0.39, 0.29) is 11.8 Å². The van der Waals surface area contributed by atoms with Gasteiger partial charge in [-0.1, -0.05) is 20.3 Å². The first-order valence-electron chi connectivity index (χ1n) is 5.26. The number of rotatable bonds is 7. The van der Waals surface area contributed by atoms with Gasteiger partial charge in [-0.15, -0.1) is 0 Å². The first-order chi connectivity index (χ1) is 7.02. The third-order valence-electron chi connectivity index (χ3n) is 2.24. The Balaban J connectivity index is 4.15. The van der Waals surface area contributed by atoms with Gasteiger partial charge in [0.15, 0.2) is 0 Å². The van der Waals surface area contributed by atoms with Crippen molar-refractivity contribution in [1.29, 1.82) is 0 Å². The number of carbonyl (C=O) groups excluding carboxylic acids is 1. The van der Waals surface area contributed by atoms with E-state index in [1.807, 2.05) is 6.92 Å². The Kier molecular flexibility index (Phi) is 6.70. The van der Waals surface area contributed by atoms with Crippen LogP contribution in [0.4, 0.5) is 0 Å². The van der Waals surface area contributed by atoms with Crippen LogP contribution < -0.4 is 11.1 Å². The number of amides is 1. The van der Waals surface area contributed by atoms with Gasteiger partial charge in [-0.3, -0.25) is 4.79 Å². The van der Waals surface area contributed by atoms with Crippen LogP contribution in [-0.4, -0.2) is 29.6 Å². The number of nitrogens with one attached hydrogen (secondary N) is 1. The summed E-state index contributed by atoms with van der Waals surface area (Å²) in [7, 11) is 0. The number of carboxylic acid groups (broad SMARTS) is 1. The lowest BCUT2D eigenvalue weighted by Gasteiger charge is -2.16. The normalized spacial score (nSPS) is 14.3. The van der Waals surface area contributed by atoms with Crippen molar-refractivity contribution in [3.63, 3.8) is 0 Å². The third kappa shape index (κ3) is 5.37. The van der Waals surface area contributed by atoms with E-state index in [1.54, 1.807) is 6.92 Å². The van der Waals surface area contributed by atoms with Crippen LogP contribution >= 0.6 is 0 Å². The fraction of sp³-hybridized carbons (Fsp3) is 0.800. The van der Waals surface area contributed by atoms with E-state index in [4.69, 9.17) is 10.8 Å². The molecule has 5 nitrogen and oxygen atoms in total. The first kappa shape index (κ1) is 13.9. The summed E-state index contributed by atoms with van der Waals surface area (Å²) in [5.74, 6) is -1.44. The predicted octanol–water partition coefficient (Wildman–Crippen LogP) is 0.341. The summed E-state index contributed by atoms with van der Waals surface area (Å²) in [6.07, 6.45) is 1.75. The maximum Gasteiger partial charge on any atom is 0.326 e. The summed E-state index contributed by atoms with van der Waals surface area (Å²) >= 11 is 0. The van der Waals surface area contributed by atoms with Gasteiger partial charge in [0.2, 0.25) is 5.91 Å². The SMILES string of the molecule is CCCC(NC(=O)C(C)CCN)C(=O)O. The highest BCUT2D eigenvalue weighted by atomic mass is 16.4. The van der Waals surface area contributed by atoms with Crippen molar-refractivity contribution < 1.29 is 14.7 Å². The molecule has 15 heavy (non-hydrogen) atoms. The summed E-state index contributed by atoms with van der Waals surface area (Å²) in [5.41, 5.74) is 5.32. The maximum atomic E-state index is 11.5. The Bertz CT molecular complexity index is 219. The molecule has 0 spiro atoms. The fourth-order valence-electron chi connectivity index (χ4n) is 1.24. The number of hydrogen-bond acceptors (Lipinski definition) is 3. The lowest BCUT2D eigenvalue weighted by molar-refractivity contribution is -0.142. The molecule has 88 valence electrons. The van der Waals surface area contributed by atoms with Crippen LogP contribution in [0.3, 0.4) is 0 Å². The highest BCUT2D eigenvalue weighted by Gasteiger charge is 2.21. The minimum Gasteiger partial charge on any atom is -0.480 e. The number of nitrogens with two attached hydrogens (primary N) is 1. The van der Waals surface area contributed by atoms with Crippen LogP contribution in [0.5, 0.6) is 0 Å². The van der Waals surface area contributed by atoms with E-state index in [0.29, 0.717) is 19.4 Å². The topological polar surface area (TPSA) is 92.4 Å². The molecule has 0 saturated heterocycles. The molecule has 2 atom stereocenters. The molecule has 1 amide bonds. The number of carbonyl (C=O) groups is 2. The predicted molar refractivity (Wildman–Crippen MR) is 57.3 cm³/mol. The van der Waals surface area contributed by atoms with E-state index < -0.39 is 12.0 Å². The maximum absolute atomic E-state index is 11.5. The smallest absolute Gasteiger partial charge is 0.326 e. The number of hydrogen-bond donors (Lipinski definition) is 3. The van der Waals surface area contributed by atoms with Gasteiger partial charge >= 0.3 is 5.97 Å². The average molecular weight is 216 g/mol. The molecule has 0 aromatic carbocycles. The van der Waals surface area contributed by atoms with Crippen LogP contribution in [0.25, 0.3) is 0 Å². The summed E-state index contributed by atoms with van der Waals surface area (Å²) in [6, 6.07) is -0.775. The molecule has 0 aromatic heterocycles. The zero-order valence-electron chi connectivity index (χ0n) is 9.32. The number of aliphatic carboxylic acids is 1. The largest absolute Gasteiger partial charge is 0.480 e. The van der Waals surface area contributed by atoms with E-state index in [2.05, 4.69) is 5.32 Å². The minimum absolute atomic E-state index is 0.228. The molecule has 0 heterocycles. The molecule has 0 aromatic rings. The third-order valence-corrected chi connectivity index (χ3v) is 2.24. The zero-order chi connectivity index (χ0) is 11.8. The molecule has 0 aliphatic rings. The van der Waals surface area contributed by atoms with Crippen molar-refractivity contribution in [2.45, 2.75) is 39.2 Å². The van der Waals surface area contributed by atoms with Gasteiger partial charge < -0.3 is 16.2 Å². The molecule has 2 unspecified atom stereocenters. The lowest BCUT2D eigenvalue weighted by atomic mass is 10.1. The molecule has 0 aliphatic carbocycles. The highest BCUT2D eigenvalue weighted by Crippen LogP contribution is 2.03. The van der Waals surface area contributed by atoms with E-state index in [1.165, 1.54) is 0 Å². The van der Waals surface area contributed by atoms with E-state index in [0.717, 1.165) is 6.42 Å². The van der Waals surface area contributed by atoms with Crippen LogP contribution in [0.1, 0.15) is 33.1 Å². The molecule has 0 bridgehead atoms. The Labute approximate surface area is 90.0 Å². The van der Waals surface area contributed by atoms with Crippen molar-refractivity contribution in [1.82, 2.24) is 5.32 Å². The second-order valence-electron chi connectivity index (χ2n) is 3.67. The summed E-state index contributed by atoms with van der Waals surface area (Å²) in [6.45, 7) is 4.05. The molecule has 0 aliphatic heterocycles. The Morgan fingerprint density at radius 2 is 2.00 bits per heavy atom. The second-order valence-corrected chi connectivity index (χ2v) is 3.67. The van der Waals surface area contributed by atoms with Crippen molar-refractivity contribution in [2.75, 3.05) is 6.54 Å². The van der Waals surface area contributed by atoms with Gasteiger partial charge in [-0.2, -0.15) is 0 Å². The summed E-state index contributed by atoms with van der Waals surface area (Å²) in [4.78, 5) is 22.3. The Hall–Kier alpha value is -1.10. The van der Waals surface area contributed by atoms with Crippen LogP contribution in [0.15, 0.2) is 0 Å². The van der Waals surface area contributed by atoms with E-state index in [9.17, 15) is 9.59 Å². The molecule has 0 fully saturated rings. The van der Waals surface area contributed by atoms with Gasteiger partial charge in [0, 0.05) is 5.92 Å². The Morgan fingerprint density at radius 1 is 1.40 bits per heavy atom. The minimum atomic E-state index is -0.981. The highest BCUT2D eigenvalue weighted by molar-refractivity contribution is 5.84. The van der Waals surface area contributed by atoms with Gasteiger partial charge in [0.25, 0.3) is 0 Å². The second kappa shape index (κ2) is 7.23. The van der Waals surface area contributed by atoms with Crippen LogP contribution in [0, 0.1) is 5.92 Å². The van der Waals surface area contributed by atoms with Crippen molar-refractivity contribution in [3.05, 3.63) is 0 Å². The molecule has 5 heteroatoms. The lowest BCUT2D eigenvalue weighted by Crippen LogP contribution is -2.43. The molecule has 0 radical (unpaired) electrons. The van der Waals surface area contributed by atoms with Crippen LogP contribution in [-0.2, 0) is 9.59 Å². The number of carboxylic acids is 1. The van der Waals surface area contributed by atoms with Gasteiger partial charge in [-0.05, 0) is 19.4 Å².